The highest BCUT2D eigenvalue weighted by Gasteiger charge is 2.31. The fourth-order valence-electron chi connectivity index (χ4n) is 1.98. The van der Waals surface area contributed by atoms with Gasteiger partial charge in [0, 0.05) is 16.0 Å². The number of phenolic OH excluding ortho intramolecular Hbond substituents is 1. The molecule has 4 N–H and O–H groups in total. The van der Waals surface area contributed by atoms with Crippen molar-refractivity contribution < 1.29 is 14.7 Å². The topological polar surface area (TPSA) is 92.4 Å². The summed E-state index contributed by atoms with van der Waals surface area (Å²) in [5.74, 6) is -0.481. The molecule has 1 aliphatic rings. The van der Waals surface area contributed by atoms with Crippen LogP contribution in [0.3, 0.4) is 0 Å². The predicted octanol–water partition coefficient (Wildman–Crippen LogP) is 2.05. The Bertz CT molecular complexity index is 688. The van der Waals surface area contributed by atoms with Crippen molar-refractivity contribution in [3.63, 3.8) is 0 Å². The molecule has 1 aromatic carbocycles. The van der Waals surface area contributed by atoms with E-state index >= 15 is 0 Å². The molecule has 1 heterocycles. The third-order valence-electron chi connectivity index (χ3n) is 3.10. The van der Waals surface area contributed by atoms with Crippen molar-refractivity contribution in [3.8, 4) is 5.75 Å². The zero-order valence-corrected chi connectivity index (χ0v) is 10.8. The van der Waals surface area contributed by atoms with Crippen molar-refractivity contribution in [2.24, 2.45) is 11.7 Å². The van der Waals surface area contributed by atoms with Crippen LogP contribution in [0.25, 0.3) is 10.1 Å². The van der Waals surface area contributed by atoms with E-state index in [4.69, 9.17) is 5.73 Å². The molecule has 0 bridgehead atoms. The summed E-state index contributed by atoms with van der Waals surface area (Å²) in [6, 6.07) is 4.68. The minimum absolute atomic E-state index is 0.0549. The molecule has 0 radical (unpaired) electrons. The van der Waals surface area contributed by atoms with Crippen LogP contribution in [0.1, 0.15) is 23.2 Å². The molecule has 98 valence electrons. The number of aromatic hydroxyl groups is 1. The number of fused-ring (bicyclic) bond motifs is 1. The standard InChI is InChI=1S/C13H12N2O3S/c14-11(17)10-8-4-3-7(16)5-9(8)19-13(10)15-12(18)6-1-2-6/h3-6,16H,1-2H2,(H2,14,17)(H,15,18). The van der Waals surface area contributed by atoms with Crippen molar-refractivity contribution in [1.82, 2.24) is 0 Å². The molecular weight excluding hydrogens is 264 g/mol. The number of rotatable bonds is 3. The zero-order valence-electron chi connectivity index (χ0n) is 9.97. The highest BCUT2D eigenvalue weighted by atomic mass is 32.1. The van der Waals surface area contributed by atoms with E-state index in [2.05, 4.69) is 5.32 Å². The molecule has 6 heteroatoms. The van der Waals surface area contributed by atoms with Crippen LogP contribution >= 0.6 is 11.3 Å². The quantitative estimate of drug-likeness (QED) is 0.801. The van der Waals surface area contributed by atoms with E-state index in [1.54, 1.807) is 12.1 Å². The molecule has 0 unspecified atom stereocenters. The predicted molar refractivity (Wildman–Crippen MR) is 73.4 cm³/mol. The summed E-state index contributed by atoms with van der Waals surface area (Å²) in [6.45, 7) is 0. The minimum atomic E-state index is -0.581. The summed E-state index contributed by atoms with van der Waals surface area (Å²) >= 11 is 1.25. The van der Waals surface area contributed by atoms with E-state index in [9.17, 15) is 14.7 Å². The summed E-state index contributed by atoms with van der Waals surface area (Å²) in [4.78, 5) is 23.4. The van der Waals surface area contributed by atoms with Gasteiger partial charge in [-0.05, 0) is 31.0 Å². The van der Waals surface area contributed by atoms with Crippen molar-refractivity contribution in [2.45, 2.75) is 12.8 Å². The Morgan fingerprint density at radius 1 is 1.37 bits per heavy atom. The van der Waals surface area contributed by atoms with Gasteiger partial charge < -0.3 is 16.2 Å². The second-order valence-corrected chi connectivity index (χ2v) is 5.67. The number of anilines is 1. The molecule has 19 heavy (non-hydrogen) atoms. The molecule has 2 aromatic rings. The Hall–Kier alpha value is -2.08. The molecule has 5 nitrogen and oxygen atoms in total. The maximum Gasteiger partial charge on any atom is 0.252 e. The van der Waals surface area contributed by atoms with Crippen LogP contribution in [0.4, 0.5) is 5.00 Å². The number of thiophene rings is 1. The van der Waals surface area contributed by atoms with Crippen molar-refractivity contribution >= 4 is 38.2 Å². The third kappa shape index (κ3) is 2.15. The molecule has 2 amide bonds. The van der Waals surface area contributed by atoms with Gasteiger partial charge >= 0.3 is 0 Å². The largest absolute Gasteiger partial charge is 0.508 e. The molecule has 1 aliphatic carbocycles. The fourth-order valence-corrected chi connectivity index (χ4v) is 3.12. The zero-order chi connectivity index (χ0) is 13.6. The first-order valence-electron chi connectivity index (χ1n) is 5.92. The van der Waals surface area contributed by atoms with Gasteiger partial charge in [-0.1, -0.05) is 0 Å². The number of carbonyl (C=O) groups is 2. The Labute approximate surface area is 113 Å². The summed E-state index contributed by atoms with van der Waals surface area (Å²) in [5.41, 5.74) is 5.70. The second kappa shape index (κ2) is 4.24. The molecule has 0 saturated heterocycles. The number of phenols is 1. The van der Waals surface area contributed by atoms with Crippen LogP contribution in [0, 0.1) is 5.92 Å². The van der Waals surface area contributed by atoms with E-state index in [-0.39, 0.29) is 17.6 Å². The fraction of sp³-hybridized carbons (Fsp3) is 0.231. The lowest BCUT2D eigenvalue weighted by atomic mass is 10.1. The number of carbonyl (C=O) groups excluding carboxylic acids is 2. The highest BCUT2D eigenvalue weighted by Crippen LogP contribution is 2.38. The lowest BCUT2D eigenvalue weighted by Gasteiger charge is -2.03. The molecule has 1 fully saturated rings. The number of primary amides is 1. The number of hydrogen-bond donors (Lipinski definition) is 3. The number of nitrogens with one attached hydrogen (secondary N) is 1. The summed E-state index contributed by atoms with van der Waals surface area (Å²) in [5, 5.41) is 13.3. The lowest BCUT2D eigenvalue weighted by Crippen LogP contribution is -2.17. The smallest absolute Gasteiger partial charge is 0.252 e. The van der Waals surface area contributed by atoms with Crippen LogP contribution in [0.15, 0.2) is 18.2 Å². The molecule has 0 spiro atoms. The van der Waals surface area contributed by atoms with E-state index in [1.165, 1.54) is 17.4 Å². The first-order chi connectivity index (χ1) is 9.06. The summed E-state index contributed by atoms with van der Waals surface area (Å²) < 4.78 is 0.722. The van der Waals surface area contributed by atoms with Crippen LogP contribution in [0.5, 0.6) is 5.75 Å². The number of nitrogens with two attached hydrogens (primary N) is 1. The molecule has 1 saturated carbocycles. The van der Waals surface area contributed by atoms with E-state index < -0.39 is 5.91 Å². The third-order valence-corrected chi connectivity index (χ3v) is 4.17. The van der Waals surface area contributed by atoms with Gasteiger partial charge in [-0.3, -0.25) is 9.59 Å². The van der Waals surface area contributed by atoms with Crippen molar-refractivity contribution in [2.75, 3.05) is 5.32 Å². The Balaban J connectivity index is 2.08. The Morgan fingerprint density at radius 3 is 2.74 bits per heavy atom. The number of amides is 2. The molecule has 3 rings (SSSR count). The van der Waals surface area contributed by atoms with Crippen molar-refractivity contribution in [3.05, 3.63) is 23.8 Å². The average molecular weight is 276 g/mol. The normalized spacial score (nSPS) is 14.5. The highest BCUT2D eigenvalue weighted by molar-refractivity contribution is 7.23. The van der Waals surface area contributed by atoms with Gasteiger partial charge in [0.15, 0.2) is 0 Å². The van der Waals surface area contributed by atoms with Gasteiger partial charge in [-0.2, -0.15) is 0 Å². The first kappa shape index (κ1) is 12.0. The van der Waals surface area contributed by atoms with Gasteiger partial charge in [0.1, 0.15) is 10.8 Å². The maximum atomic E-state index is 11.8. The Kier molecular flexibility index (Phi) is 2.67. The van der Waals surface area contributed by atoms with Crippen LogP contribution in [-0.2, 0) is 4.79 Å². The lowest BCUT2D eigenvalue weighted by molar-refractivity contribution is -0.117. The molecular formula is C13H12N2O3S. The SMILES string of the molecule is NC(=O)c1c(NC(=O)C2CC2)sc2cc(O)ccc12. The maximum absolute atomic E-state index is 11.8. The van der Waals surface area contributed by atoms with E-state index in [0.717, 1.165) is 17.5 Å². The van der Waals surface area contributed by atoms with Gasteiger partial charge in [-0.15, -0.1) is 11.3 Å². The van der Waals surface area contributed by atoms with Gasteiger partial charge in [0.2, 0.25) is 5.91 Å². The van der Waals surface area contributed by atoms with Crippen LogP contribution in [0.2, 0.25) is 0 Å². The van der Waals surface area contributed by atoms with E-state index in [0.29, 0.717) is 16.0 Å². The van der Waals surface area contributed by atoms with Crippen LogP contribution < -0.4 is 11.1 Å². The average Bonchev–Trinajstić information content (AvgIpc) is 3.11. The summed E-state index contributed by atoms with van der Waals surface area (Å²) in [6.07, 6.45) is 1.78. The van der Waals surface area contributed by atoms with Crippen LogP contribution in [-0.4, -0.2) is 16.9 Å². The molecule has 0 aliphatic heterocycles. The van der Waals surface area contributed by atoms with Crippen molar-refractivity contribution in [1.29, 1.82) is 0 Å². The van der Waals surface area contributed by atoms with Gasteiger partial charge in [0.25, 0.3) is 5.91 Å². The Morgan fingerprint density at radius 2 is 2.11 bits per heavy atom. The second-order valence-electron chi connectivity index (χ2n) is 4.61. The first-order valence-corrected chi connectivity index (χ1v) is 6.74. The number of hydrogen-bond acceptors (Lipinski definition) is 4. The van der Waals surface area contributed by atoms with Gasteiger partial charge in [-0.25, -0.2) is 0 Å². The molecule has 0 atom stereocenters. The minimum Gasteiger partial charge on any atom is -0.508 e. The molecule has 1 aromatic heterocycles. The van der Waals surface area contributed by atoms with E-state index in [1.807, 2.05) is 0 Å². The summed E-state index contributed by atoms with van der Waals surface area (Å²) in [7, 11) is 0. The van der Waals surface area contributed by atoms with Gasteiger partial charge in [0.05, 0.1) is 5.56 Å². The monoisotopic (exact) mass is 276 g/mol. The number of benzene rings is 1.